The molecule has 4 rings (SSSR count). The van der Waals surface area contributed by atoms with Gasteiger partial charge in [-0.2, -0.15) is 0 Å². The molecule has 162 valence electrons. The number of methoxy groups -OCH3 is 1. The lowest BCUT2D eigenvalue weighted by Gasteiger charge is -2.29. The Bertz CT molecular complexity index is 1210. The summed E-state index contributed by atoms with van der Waals surface area (Å²) in [4.78, 5) is 6.52. The maximum atomic E-state index is 11.9. The maximum absolute atomic E-state index is 11.9. The summed E-state index contributed by atoms with van der Waals surface area (Å²) in [5, 5.41) is 3.92. The standard InChI is InChI=1S/C21H23N5O3S2/c1-25-12-6-8-17(25)20-19(15-7-4-5-11-22-15)23-21(30)26(20)14-9-10-18(29-2)16(13-14)24-31(3,27)28/h4-13,19-20,24H,1-3H3,(H,23,30)/t19-,20+/m0/s1. The number of thiocarbonyl (C=S) groups is 1. The molecule has 2 N–H and O–H groups in total. The zero-order chi connectivity index (χ0) is 22.2. The molecule has 0 spiro atoms. The van der Waals surface area contributed by atoms with Gasteiger partial charge in [-0.15, -0.1) is 0 Å². The summed E-state index contributed by atoms with van der Waals surface area (Å²) in [6, 6.07) is 14.7. The van der Waals surface area contributed by atoms with E-state index in [0.717, 1.165) is 23.3 Å². The highest BCUT2D eigenvalue weighted by atomic mass is 32.2. The molecule has 1 aliphatic rings. The molecule has 8 nitrogen and oxygen atoms in total. The van der Waals surface area contributed by atoms with E-state index in [0.29, 0.717) is 16.5 Å². The Morgan fingerprint density at radius 3 is 2.61 bits per heavy atom. The third-order valence-corrected chi connectivity index (χ3v) is 6.05. The number of pyridine rings is 1. The van der Waals surface area contributed by atoms with Crippen molar-refractivity contribution >= 4 is 38.7 Å². The van der Waals surface area contributed by atoms with Gasteiger partial charge >= 0.3 is 0 Å². The Kier molecular flexibility index (Phi) is 5.59. The first-order valence-corrected chi connectivity index (χ1v) is 11.9. The van der Waals surface area contributed by atoms with Crippen LogP contribution >= 0.6 is 12.2 Å². The van der Waals surface area contributed by atoms with E-state index in [4.69, 9.17) is 17.0 Å². The lowest BCUT2D eigenvalue weighted by molar-refractivity contribution is 0.417. The molecule has 2 aromatic heterocycles. The number of nitrogens with zero attached hydrogens (tertiary/aromatic N) is 3. The fourth-order valence-electron chi connectivity index (χ4n) is 3.84. The second-order valence-corrected chi connectivity index (χ2v) is 9.43. The van der Waals surface area contributed by atoms with E-state index in [2.05, 4.69) is 15.0 Å². The molecule has 0 saturated carbocycles. The van der Waals surface area contributed by atoms with Crippen molar-refractivity contribution in [2.24, 2.45) is 7.05 Å². The van der Waals surface area contributed by atoms with Crippen LogP contribution in [-0.2, 0) is 17.1 Å². The number of nitrogens with one attached hydrogen (secondary N) is 2. The molecule has 1 aliphatic heterocycles. The molecule has 1 saturated heterocycles. The lowest BCUT2D eigenvalue weighted by atomic mass is 10.0. The van der Waals surface area contributed by atoms with Crippen molar-refractivity contribution in [2.75, 3.05) is 23.0 Å². The molecular formula is C21H23N5O3S2. The number of aromatic nitrogens is 2. The highest BCUT2D eigenvalue weighted by molar-refractivity contribution is 7.92. The highest BCUT2D eigenvalue weighted by Gasteiger charge is 2.42. The molecule has 1 fully saturated rings. The Balaban J connectivity index is 1.83. The minimum Gasteiger partial charge on any atom is -0.495 e. The quantitative estimate of drug-likeness (QED) is 0.550. The van der Waals surface area contributed by atoms with Gasteiger partial charge in [0.25, 0.3) is 0 Å². The molecular weight excluding hydrogens is 434 g/mol. The molecule has 0 radical (unpaired) electrons. The normalized spacial score (nSPS) is 18.7. The van der Waals surface area contributed by atoms with Gasteiger partial charge in [-0.1, -0.05) is 6.07 Å². The first-order valence-electron chi connectivity index (χ1n) is 9.56. The van der Waals surface area contributed by atoms with Crippen LogP contribution in [0.3, 0.4) is 0 Å². The molecule has 0 unspecified atom stereocenters. The zero-order valence-electron chi connectivity index (χ0n) is 17.3. The van der Waals surface area contributed by atoms with Gasteiger partial charge in [0, 0.05) is 30.8 Å². The molecule has 3 heterocycles. The largest absolute Gasteiger partial charge is 0.495 e. The molecule has 1 aromatic carbocycles. The average Bonchev–Trinajstić information content (AvgIpc) is 3.29. The van der Waals surface area contributed by atoms with Gasteiger partial charge in [-0.05, 0) is 54.7 Å². The molecule has 0 aliphatic carbocycles. The number of rotatable bonds is 6. The van der Waals surface area contributed by atoms with Gasteiger partial charge < -0.3 is 19.5 Å². The highest BCUT2D eigenvalue weighted by Crippen LogP contribution is 2.43. The van der Waals surface area contributed by atoms with Crippen molar-refractivity contribution in [3.05, 3.63) is 72.3 Å². The number of sulfonamides is 1. The lowest BCUT2D eigenvalue weighted by Crippen LogP contribution is -2.30. The fraction of sp³-hybridized carbons (Fsp3) is 0.238. The summed E-state index contributed by atoms with van der Waals surface area (Å²) in [6.45, 7) is 0. The number of hydrogen-bond acceptors (Lipinski definition) is 5. The van der Waals surface area contributed by atoms with E-state index in [1.807, 2.05) is 59.1 Å². The van der Waals surface area contributed by atoms with Gasteiger partial charge in [0.15, 0.2) is 5.11 Å². The Hall–Kier alpha value is -3.11. The summed E-state index contributed by atoms with van der Waals surface area (Å²) < 4.78 is 33.6. The number of aryl methyl sites for hydroxylation is 1. The molecule has 31 heavy (non-hydrogen) atoms. The summed E-state index contributed by atoms with van der Waals surface area (Å²) >= 11 is 5.72. The zero-order valence-corrected chi connectivity index (χ0v) is 18.9. The van der Waals surface area contributed by atoms with E-state index < -0.39 is 10.0 Å². The van der Waals surface area contributed by atoms with Gasteiger partial charge in [-0.25, -0.2) is 8.42 Å². The minimum absolute atomic E-state index is 0.185. The van der Waals surface area contributed by atoms with Crippen LogP contribution in [0.15, 0.2) is 60.9 Å². The van der Waals surface area contributed by atoms with Crippen molar-refractivity contribution in [1.82, 2.24) is 14.9 Å². The van der Waals surface area contributed by atoms with E-state index in [9.17, 15) is 8.42 Å². The van der Waals surface area contributed by atoms with Gasteiger partial charge in [0.2, 0.25) is 10.0 Å². The van der Waals surface area contributed by atoms with Crippen molar-refractivity contribution in [3.8, 4) is 5.75 Å². The summed E-state index contributed by atoms with van der Waals surface area (Å²) in [7, 11) is -0.0163. The molecule has 0 bridgehead atoms. The third-order valence-electron chi connectivity index (χ3n) is 5.14. The van der Waals surface area contributed by atoms with Crippen LogP contribution in [0.2, 0.25) is 0 Å². The molecule has 3 aromatic rings. The average molecular weight is 458 g/mol. The van der Waals surface area contributed by atoms with Crippen molar-refractivity contribution < 1.29 is 13.2 Å². The maximum Gasteiger partial charge on any atom is 0.229 e. The Morgan fingerprint density at radius 2 is 2.00 bits per heavy atom. The summed E-state index contributed by atoms with van der Waals surface area (Å²) in [6.07, 6.45) is 4.84. The van der Waals surface area contributed by atoms with Crippen LogP contribution in [0.1, 0.15) is 23.5 Å². The number of benzene rings is 1. The number of hydrogen-bond donors (Lipinski definition) is 2. The van der Waals surface area contributed by atoms with E-state index >= 15 is 0 Å². The third kappa shape index (κ3) is 4.21. The van der Waals surface area contributed by atoms with Crippen LogP contribution in [0.25, 0.3) is 0 Å². The predicted molar refractivity (Wildman–Crippen MR) is 125 cm³/mol. The van der Waals surface area contributed by atoms with E-state index in [1.165, 1.54) is 7.11 Å². The number of ether oxygens (including phenoxy) is 1. The molecule has 0 amide bonds. The monoisotopic (exact) mass is 457 g/mol. The van der Waals surface area contributed by atoms with Crippen LogP contribution in [-0.4, -0.2) is 36.4 Å². The van der Waals surface area contributed by atoms with Gasteiger partial charge in [0.05, 0.1) is 30.8 Å². The van der Waals surface area contributed by atoms with Crippen molar-refractivity contribution in [2.45, 2.75) is 12.1 Å². The topological polar surface area (TPSA) is 88.5 Å². The first-order chi connectivity index (χ1) is 14.8. The smallest absolute Gasteiger partial charge is 0.229 e. The van der Waals surface area contributed by atoms with Crippen LogP contribution in [0, 0.1) is 0 Å². The van der Waals surface area contributed by atoms with Crippen LogP contribution in [0.4, 0.5) is 11.4 Å². The first kappa shape index (κ1) is 21.1. The van der Waals surface area contributed by atoms with Crippen molar-refractivity contribution in [3.63, 3.8) is 0 Å². The Morgan fingerprint density at radius 1 is 1.19 bits per heavy atom. The Labute approximate surface area is 186 Å². The second-order valence-electron chi connectivity index (χ2n) is 7.30. The van der Waals surface area contributed by atoms with Crippen LogP contribution in [0.5, 0.6) is 5.75 Å². The van der Waals surface area contributed by atoms with Gasteiger partial charge in [0.1, 0.15) is 11.8 Å². The predicted octanol–water partition coefficient (Wildman–Crippen LogP) is 2.98. The minimum atomic E-state index is -3.49. The summed E-state index contributed by atoms with van der Waals surface area (Å²) in [5.74, 6) is 0.420. The van der Waals surface area contributed by atoms with Crippen molar-refractivity contribution in [1.29, 1.82) is 0 Å². The summed E-state index contributed by atoms with van der Waals surface area (Å²) in [5.41, 5.74) is 2.98. The number of anilines is 2. The molecule has 2 atom stereocenters. The van der Waals surface area contributed by atoms with Gasteiger partial charge in [-0.3, -0.25) is 9.71 Å². The second kappa shape index (κ2) is 8.20. The molecule has 10 heteroatoms. The van der Waals surface area contributed by atoms with E-state index in [-0.39, 0.29) is 12.1 Å². The van der Waals surface area contributed by atoms with E-state index in [1.54, 1.807) is 18.3 Å². The van der Waals surface area contributed by atoms with Crippen LogP contribution < -0.4 is 19.7 Å². The fourth-order valence-corrected chi connectivity index (χ4v) is 4.75. The SMILES string of the molecule is COc1ccc(N2C(=S)N[C@@H](c3ccccn3)[C@H]2c2cccn2C)cc1NS(C)(=O)=O.